The molecule has 0 atom stereocenters. The molecule has 144 valence electrons. The first-order valence-corrected chi connectivity index (χ1v) is 10.3. The second-order valence-electron chi connectivity index (χ2n) is 5.96. The summed E-state index contributed by atoms with van der Waals surface area (Å²) in [6, 6.07) is 15.4. The van der Waals surface area contributed by atoms with E-state index in [-0.39, 0.29) is 10.6 Å². The molecule has 0 amide bonds. The summed E-state index contributed by atoms with van der Waals surface area (Å²) in [7, 11) is -4.22. The number of aromatic nitrogens is 1. The Bertz CT molecular complexity index is 1180. The topological polar surface area (TPSA) is 65.4 Å². The van der Waals surface area contributed by atoms with Crippen molar-refractivity contribution in [2.75, 3.05) is 0 Å². The fourth-order valence-electron chi connectivity index (χ4n) is 2.41. The average molecular weight is 436 g/mol. The minimum Gasteiger partial charge on any atom is -0.280 e. The summed E-state index contributed by atoms with van der Waals surface area (Å²) in [6.45, 7) is 1.74. The minimum absolute atomic E-state index is 0.114. The standard InChI is InChI=1S/C20H15Cl2NO4S/c1-14-12-18(9-4-15-2-5-16(21)6-3-15)23(20(24)13-14)27-28(25,26)19-10-7-17(22)8-11-19/h2-13H,1H3. The number of nitrogens with zero attached hydrogens (tertiary/aromatic N) is 1. The number of hydrogen-bond donors (Lipinski definition) is 0. The first kappa shape index (κ1) is 20.2. The van der Waals surface area contributed by atoms with Crippen LogP contribution in [-0.4, -0.2) is 13.1 Å². The van der Waals surface area contributed by atoms with E-state index in [1.165, 1.54) is 30.3 Å². The summed E-state index contributed by atoms with van der Waals surface area (Å²) in [6.07, 6.45) is 3.31. The fourth-order valence-corrected chi connectivity index (χ4v) is 3.57. The Labute approximate surface area is 172 Å². The Morgan fingerprint density at radius 3 is 2.07 bits per heavy atom. The van der Waals surface area contributed by atoms with Crippen molar-refractivity contribution in [3.05, 3.63) is 97.9 Å². The maximum Gasteiger partial charge on any atom is 0.357 e. The summed E-state index contributed by atoms with van der Waals surface area (Å²) in [5, 5.41) is 0.986. The molecule has 1 aromatic heterocycles. The maximum atomic E-state index is 12.6. The van der Waals surface area contributed by atoms with Gasteiger partial charge in [-0.25, -0.2) is 0 Å². The van der Waals surface area contributed by atoms with E-state index in [0.29, 0.717) is 15.6 Å². The van der Waals surface area contributed by atoms with Crippen LogP contribution in [0.2, 0.25) is 10.0 Å². The molecule has 0 saturated heterocycles. The third kappa shape index (κ3) is 4.84. The molecule has 1 heterocycles. The minimum atomic E-state index is -4.22. The van der Waals surface area contributed by atoms with Crippen molar-refractivity contribution in [3.8, 4) is 0 Å². The van der Waals surface area contributed by atoms with Gasteiger partial charge in [-0.3, -0.25) is 9.08 Å². The highest BCUT2D eigenvalue weighted by atomic mass is 35.5. The largest absolute Gasteiger partial charge is 0.357 e. The van der Waals surface area contributed by atoms with Crippen molar-refractivity contribution in [1.82, 2.24) is 4.73 Å². The Balaban J connectivity index is 2.00. The van der Waals surface area contributed by atoms with Crippen LogP contribution in [-0.2, 0) is 10.1 Å². The number of pyridine rings is 1. The molecule has 3 rings (SSSR count). The Kier molecular flexibility index (Phi) is 5.93. The molecule has 0 N–H and O–H groups in total. The van der Waals surface area contributed by atoms with Gasteiger partial charge in [0.15, 0.2) is 0 Å². The molecule has 0 saturated carbocycles. The van der Waals surface area contributed by atoms with E-state index in [4.69, 9.17) is 27.5 Å². The molecule has 0 fully saturated rings. The van der Waals surface area contributed by atoms with Crippen LogP contribution in [0.1, 0.15) is 16.8 Å². The van der Waals surface area contributed by atoms with Crippen LogP contribution < -0.4 is 9.84 Å². The molecule has 0 unspecified atom stereocenters. The van der Waals surface area contributed by atoms with Gasteiger partial charge in [0.25, 0.3) is 5.56 Å². The molecule has 5 nitrogen and oxygen atoms in total. The summed E-state index contributed by atoms with van der Waals surface area (Å²) in [4.78, 5) is 12.3. The average Bonchev–Trinajstić information content (AvgIpc) is 2.64. The van der Waals surface area contributed by atoms with Crippen LogP contribution in [0.25, 0.3) is 12.2 Å². The predicted molar refractivity (Wildman–Crippen MR) is 111 cm³/mol. The van der Waals surface area contributed by atoms with Crippen LogP contribution in [0.5, 0.6) is 0 Å². The van der Waals surface area contributed by atoms with Gasteiger partial charge in [0.2, 0.25) is 0 Å². The number of hydrogen-bond acceptors (Lipinski definition) is 4. The number of halogens is 2. The van der Waals surface area contributed by atoms with E-state index in [9.17, 15) is 13.2 Å². The van der Waals surface area contributed by atoms with E-state index in [0.717, 1.165) is 10.3 Å². The van der Waals surface area contributed by atoms with E-state index in [1.807, 2.05) is 0 Å². The summed E-state index contributed by atoms with van der Waals surface area (Å²) >= 11 is 11.7. The molecule has 0 spiro atoms. The lowest BCUT2D eigenvalue weighted by Crippen LogP contribution is -2.32. The monoisotopic (exact) mass is 435 g/mol. The lowest BCUT2D eigenvalue weighted by atomic mass is 10.2. The normalized spacial score (nSPS) is 11.7. The Morgan fingerprint density at radius 1 is 0.893 bits per heavy atom. The highest BCUT2D eigenvalue weighted by molar-refractivity contribution is 7.87. The van der Waals surface area contributed by atoms with Crippen molar-refractivity contribution < 1.29 is 12.7 Å². The molecule has 0 aliphatic carbocycles. The van der Waals surface area contributed by atoms with Crippen LogP contribution in [0.4, 0.5) is 0 Å². The van der Waals surface area contributed by atoms with Gasteiger partial charge >= 0.3 is 10.1 Å². The third-order valence-electron chi connectivity index (χ3n) is 3.75. The summed E-state index contributed by atoms with van der Waals surface area (Å²) in [5.74, 6) is 0. The molecule has 3 aromatic rings. The predicted octanol–water partition coefficient (Wildman–Crippen LogP) is 4.45. The van der Waals surface area contributed by atoms with Gasteiger partial charge in [0.05, 0.1) is 5.69 Å². The highest BCUT2D eigenvalue weighted by Gasteiger charge is 2.19. The number of aryl methyl sites for hydroxylation is 1. The molecule has 0 radical (unpaired) electrons. The van der Waals surface area contributed by atoms with Gasteiger partial charge in [0.1, 0.15) is 4.90 Å². The lowest BCUT2D eigenvalue weighted by Gasteiger charge is -2.12. The van der Waals surface area contributed by atoms with Crippen molar-refractivity contribution in [1.29, 1.82) is 0 Å². The van der Waals surface area contributed by atoms with Crippen LogP contribution in [0, 0.1) is 6.92 Å². The number of benzene rings is 2. The summed E-state index contributed by atoms with van der Waals surface area (Å²) < 4.78 is 31.0. The van der Waals surface area contributed by atoms with E-state index >= 15 is 0 Å². The zero-order valence-corrected chi connectivity index (χ0v) is 17.0. The second-order valence-corrected chi connectivity index (χ2v) is 8.36. The van der Waals surface area contributed by atoms with Gasteiger partial charge in [-0.05, 0) is 66.6 Å². The van der Waals surface area contributed by atoms with Gasteiger partial charge in [0, 0.05) is 16.1 Å². The molecule has 8 heteroatoms. The fraction of sp³-hybridized carbons (Fsp3) is 0.0500. The maximum absolute atomic E-state index is 12.6. The van der Waals surface area contributed by atoms with Crippen LogP contribution >= 0.6 is 23.2 Å². The SMILES string of the molecule is Cc1cc(C=Cc2ccc(Cl)cc2)n(OS(=O)(=O)c2ccc(Cl)cc2)c(=O)c1. The van der Waals surface area contributed by atoms with E-state index in [1.54, 1.807) is 49.4 Å². The smallest absolute Gasteiger partial charge is 0.280 e. The number of rotatable bonds is 5. The quantitative estimate of drug-likeness (QED) is 0.593. The van der Waals surface area contributed by atoms with E-state index < -0.39 is 15.7 Å². The van der Waals surface area contributed by atoms with Crippen molar-refractivity contribution >= 4 is 45.5 Å². The molecule has 0 aliphatic heterocycles. The van der Waals surface area contributed by atoms with Crippen molar-refractivity contribution in [2.45, 2.75) is 11.8 Å². The van der Waals surface area contributed by atoms with Gasteiger partial charge < -0.3 is 0 Å². The third-order valence-corrected chi connectivity index (χ3v) is 5.45. The first-order valence-electron chi connectivity index (χ1n) is 8.12. The van der Waals surface area contributed by atoms with Crippen LogP contribution in [0.3, 0.4) is 0 Å². The molecule has 28 heavy (non-hydrogen) atoms. The van der Waals surface area contributed by atoms with Crippen LogP contribution in [0.15, 0.2) is 70.4 Å². The lowest BCUT2D eigenvalue weighted by molar-refractivity contribution is 0.264. The van der Waals surface area contributed by atoms with Gasteiger partial charge in [-0.1, -0.05) is 41.4 Å². The molecular weight excluding hydrogens is 421 g/mol. The molecule has 2 aromatic carbocycles. The zero-order valence-electron chi connectivity index (χ0n) is 14.7. The second kappa shape index (κ2) is 8.22. The Hall–Kier alpha value is -2.54. The zero-order chi connectivity index (χ0) is 20.3. The van der Waals surface area contributed by atoms with Crippen molar-refractivity contribution in [3.63, 3.8) is 0 Å². The molecule has 0 bridgehead atoms. The summed E-state index contributed by atoms with van der Waals surface area (Å²) in [5.41, 5.74) is 1.17. The van der Waals surface area contributed by atoms with Crippen molar-refractivity contribution in [2.24, 2.45) is 0 Å². The van der Waals surface area contributed by atoms with Gasteiger partial charge in [-0.15, -0.1) is 4.73 Å². The first-order chi connectivity index (χ1) is 13.2. The Morgan fingerprint density at radius 2 is 1.46 bits per heavy atom. The van der Waals surface area contributed by atoms with Gasteiger partial charge in [-0.2, -0.15) is 8.42 Å². The molecule has 0 aliphatic rings. The molecular formula is C20H15Cl2NO4S. The van der Waals surface area contributed by atoms with E-state index in [2.05, 4.69) is 0 Å². The highest BCUT2D eigenvalue weighted by Crippen LogP contribution is 2.16.